The standard InChI is InChI=1S/C44H39NO5/c1-43(2,3)33-24-29(25-34(27-33)44(4,5)6)28-49-41-22-15-32-26-31(38-13-9-11-30-10-7-8-12-37(30)38)14-20-39(32)40(41)21-23-42(46)50-36-18-16-35(17-19-36)45(47)48/h7-20,22,24-27H,28H2,1-6H3. The van der Waals surface area contributed by atoms with Gasteiger partial charge in [0.05, 0.1) is 10.5 Å². The fraction of sp³-hybridized carbons (Fsp3) is 0.205. The highest BCUT2D eigenvalue weighted by atomic mass is 16.6. The number of carbonyl (C=O) groups excluding carboxylic acids is 1. The third-order valence-electron chi connectivity index (χ3n) is 8.75. The number of nitro benzene ring substituents is 1. The largest absolute Gasteiger partial charge is 0.488 e. The molecule has 0 saturated carbocycles. The maximum absolute atomic E-state index is 12.9. The van der Waals surface area contributed by atoms with Gasteiger partial charge >= 0.3 is 5.97 Å². The molecule has 6 aromatic carbocycles. The lowest BCUT2D eigenvalue weighted by Crippen LogP contribution is -2.17. The van der Waals surface area contributed by atoms with Gasteiger partial charge in [0.1, 0.15) is 18.1 Å². The van der Waals surface area contributed by atoms with Gasteiger partial charge in [-0.15, -0.1) is 0 Å². The molecule has 6 rings (SSSR count). The number of fused-ring (bicyclic) bond motifs is 2. The van der Waals surface area contributed by atoms with E-state index < -0.39 is 10.9 Å². The zero-order valence-corrected chi connectivity index (χ0v) is 29.2. The highest BCUT2D eigenvalue weighted by Gasteiger charge is 2.21. The van der Waals surface area contributed by atoms with Crippen molar-refractivity contribution in [1.82, 2.24) is 0 Å². The zero-order valence-electron chi connectivity index (χ0n) is 29.2. The van der Waals surface area contributed by atoms with Gasteiger partial charge in [0, 0.05) is 23.4 Å². The number of nitro groups is 1. The molecule has 0 atom stereocenters. The van der Waals surface area contributed by atoms with E-state index >= 15 is 0 Å². The molecule has 0 N–H and O–H groups in total. The van der Waals surface area contributed by atoms with Gasteiger partial charge in [0.15, 0.2) is 0 Å². The van der Waals surface area contributed by atoms with Crippen molar-refractivity contribution in [2.45, 2.75) is 59.0 Å². The molecule has 0 aromatic heterocycles. The van der Waals surface area contributed by atoms with Crippen LogP contribution in [0.1, 0.15) is 63.8 Å². The van der Waals surface area contributed by atoms with Gasteiger partial charge in [-0.25, -0.2) is 4.79 Å². The van der Waals surface area contributed by atoms with Crippen LogP contribution >= 0.6 is 0 Å². The molecule has 0 amide bonds. The van der Waals surface area contributed by atoms with E-state index in [-0.39, 0.29) is 22.3 Å². The van der Waals surface area contributed by atoms with Gasteiger partial charge in [-0.1, -0.05) is 126 Å². The number of benzene rings is 6. The predicted molar refractivity (Wildman–Crippen MR) is 201 cm³/mol. The van der Waals surface area contributed by atoms with E-state index in [2.05, 4.69) is 114 Å². The summed E-state index contributed by atoms with van der Waals surface area (Å²) in [5, 5.41) is 15.1. The molecular formula is C44H39NO5. The normalized spacial score (nSPS) is 11.6. The van der Waals surface area contributed by atoms with Gasteiger partial charge in [0.25, 0.3) is 5.69 Å². The summed E-state index contributed by atoms with van der Waals surface area (Å²) in [6, 6.07) is 36.7. The Morgan fingerprint density at radius 3 is 2.08 bits per heavy atom. The van der Waals surface area contributed by atoms with Gasteiger partial charge in [-0.2, -0.15) is 0 Å². The summed E-state index contributed by atoms with van der Waals surface area (Å²) >= 11 is 0. The lowest BCUT2D eigenvalue weighted by atomic mass is 9.79. The molecule has 0 heterocycles. The number of nitrogens with zero attached hydrogens (tertiary/aromatic N) is 1. The molecular weight excluding hydrogens is 622 g/mol. The van der Waals surface area contributed by atoms with E-state index in [4.69, 9.17) is 9.47 Å². The van der Waals surface area contributed by atoms with Crippen molar-refractivity contribution < 1.29 is 19.2 Å². The van der Waals surface area contributed by atoms with Crippen molar-refractivity contribution in [3.05, 3.63) is 148 Å². The summed E-state index contributed by atoms with van der Waals surface area (Å²) in [6.45, 7) is 13.6. The monoisotopic (exact) mass is 661 g/mol. The molecule has 0 radical (unpaired) electrons. The molecule has 0 unspecified atom stereocenters. The van der Waals surface area contributed by atoms with Crippen LogP contribution in [-0.2, 0) is 22.2 Å². The number of carbonyl (C=O) groups is 1. The Labute approximate surface area is 292 Å². The highest BCUT2D eigenvalue weighted by Crippen LogP contribution is 2.35. The molecule has 250 valence electrons. The van der Waals surface area contributed by atoms with Crippen LogP contribution in [0.15, 0.2) is 115 Å². The van der Waals surface area contributed by atoms with Crippen molar-refractivity contribution >= 4 is 33.2 Å². The van der Waals surface area contributed by atoms with Gasteiger partial charge in [0.2, 0.25) is 0 Å². The van der Waals surface area contributed by atoms with Crippen LogP contribution in [0.3, 0.4) is 0 Å². The molecule has 50 heavy (non-hydrogen) atoms. The SMILES string of the molecule is CC(C)(C)c1cc(COc2ccc3cc(-c4cccc5ccccc45)ccc3c2C#CC(=O)Oc2ccc([N+](=O)[O-])cc2)cc(C(C)(C)C)c1. The Bertz CT molecular complexity index is 2280. The Morgan fingerprint density at radius 2 is 1.40 bits per heavy atom. The number of hydrogen-bond donors (Lipinski definition) is 0. The van der Waals surface area contributed by atoms with Gasteiger partial charge < -0.3 is 9.47 Å². The van der Waals surface area contributed by atoms with E-state index in [1.165, 1.54) is 35.4 Å². The minimum Gasteiger partial charge on any atom is -0.488 e. The van der Waals surface area contributed by atoms with E-state index in [1.807, 2.05) is 30.3 Å². The minimum atomic E-state index is -0.790. The van der Waals surface area contributed by atoms with Crippen LogP contribution in [-0.4, -0.2) is 10.9 Å². The van der Waals surface area contributed by atoms with Crippen molar-refractivity contribution in [3.8, 4) is 34.5 Å². The minimum absolute atomic E-state index is 0.0403. The van der Waals surface area contributed by atoms with Crippen molar-refractivity contribution in [3.63, 3.8) is 0 Å². The predicted octanol–water partition coefficient (Wildman–Crippen LogP) is 10.7. The molecule has 0 fully saturated rings. The molecule has 0 aliphatic rings. The van der Waals surface area contributed by atoms with E-state index in [9.17, 15) is 14.9 Å². The first kappa shape index (κ1) is 34.0. The van der Waals surface area contributed by atoms with Crippen LogP contribution in [0.2, 0.25) is 0 Å². The molecule has 6 aromatic rings. The average Bonchev–Trinajstić information content (AvgIpc) is 3.08. The number of non-ortho nitro benzene ring substituents is 1. The van der Waals surface area contributed by atoms with Crippen LogP contribution in [0.4, 0.5) is 5.69 Å². The second kappa shape index (κ2) is 13.5. The lowest BCUT2D eigenvalue weighted by molar-refractivity contribution is -0.384. The highest BCUT2D eigenvalue weighted by molar-refractivity contribution is 6.01. The van der Waals surface area contributed by atoms with Gasteiger partial charge in [-0.3, -0.25) is 10.1 Å². The van der Waals surface area contributed by atoms with Crippen molar-refractivity contribution in [1.29, 1.82) is 0 Å². The molecule has 0 saturated heterocycles. The first-order chi connectivity index (χ1) is 23.8. The van der Waals surface area contributed by atoms with Crippen LogP contribution in [0.5, 0.6) is 11.5 Å². The Hall–Kier alpha value is -5.93. The Kier molecular flexibility index (Phi) is 9.18. The summed E-state index contributed by atoms with van der Waals surface area (Å²) in [5.74, 6) is 5.58. The van der Waals surface area contributed by atoms with Gasteiger partial charge in [-0.05, 0) is 79.1 Å². The smallest absolute Gasteiger partial charge is 0.390 e. The molecule has 0 aliphatic carbocycles. The third kappa shape index (κ3) is 7.53. The maximum Gasteiger partial charge on any atom is 0.390 e. The summed E-state index contributed by atoms with van der Waals surface area (Å²) in [6.07, 6.45) is 0. The molecule has 0 spiro atoms. The number of hydrogen-bond acceptors (Lipinski definition) is 5. The van der Waals surface area contributed by atoms with Crippen molar-refractivity contribution in [2.24, 2.45) is 0 Å². The molecule has 6 heteroatoms. The average molecular weight is 662 g/mol. The summed E-state index contributed by atoms with van der Waals surface area (Å²) in [5.41, 5.74) is 6.09. The molecule has 0 bridgehead atoms. The second-order valence-electron chi connectivity index (χ2n) is 14.5. The van der Waals surface area contributed by atoms with Crippen LogP contribution in [0, 0.1) is 22.0 Å². The van der Waals surface area contributed by atoms with E-state index in [0.29, 0.717) is 17.9 Å². The van der Waals surface area contributed by atoms with Crippen LogP contribution in [0.25, 0.3) is 32.7 Å². The summed E-state index contributed by atoms with van der Waals surface area (Å²) < 4.78 is 11.9. The fourth-order valence-corrected chi connectivity index (χ4v) is 5.89. The van der Waals surface area contributed by atoms with E-state index in [0.717, 1.165) is 38.2 Å². The summed E-state index contributed by atoms with van der Waals surface area (Å²) in [4.78, 5) is 23.4. The quantitative estimate of drug-likeness (QED) is 0.0583. The fourth-order valence-electron chi connectivity index (χ4n) is 5.89. The van der Waals surface area contributed by atoms with E-state index in [1.54, 1.807) is 0 Å². The Balaban J connectivity index is 1.39. The maximum atomic E-state index is 12.9. The Morgan fingerprint density at radius 1 is 0.720 bits per heavy atom. The number of esters is 1. The number of rotatable bonds is 6. The van der Waals surface area contributed by atoms with Crippen LogP contribution < -0.4 is 9.47 Å². The van der Waals surface area contributed by atoms with Crippen molar-refractivity contribution in [2.75, 3.05) is 0 Å². The first-order valence-electron chi connectivity index (χ1n) is 16.6. The molecule has 6 nitrogen and oxygen atoms in total. The zero-order chi connectivity index (χ0) is 35.6. The first-order valence-corrected chi connectivity index (χ1v) is 16.6. The second-order valence-corrected chi connectivity index (χ2v) is 14.5. The lowest BCUT2D eigenvalue weighted by Gasteiger charge is -2.26. The number of ether oxygens (including phenoxy) is 2. The summed E-state index contributed by atoms with van der Waals surface area (Å²) in [7, 11) is 0. The topological polar surface area (TPSA) is 78.7 Å². The third-order valence-corrected chi connectivity index (χ3v) is 8.75. The molecule has 0 aliphatic heterocycles.